The lowest BCUT2D eigenvalue weighted by Gasteiger charge is -2.08. The van der Waals surface area contributed by atoms with Crippen molar-refractivity contribution < 1.29 is 14.7 Å². The number of aromatic nitrogens is 2. The van der Waals surface area contributed by atoms with Crippen molar-refractivity contribution in [1.82, 2.24) is 9.78 Å². The Hall–Kier alpha value is -1.85. The topological polar surface area (TPSA) is 84.2 Å². The van der Waals surface area contributed by atoms with Gasteiger partial charge in [-0.1, -0.05) is 13.8 Å². The highest BCUT2D eigenvalue weighted by atomic mass is 16.4. The van der Waals surface area contributed by atoms with Gasteiger partial charge in [-0.25, -0.2) is 4.79 Å². The van der Waals surface area contributed by atoms with Crippen LogP contribution in [0.15, 0.2) is 6.20 Å². The maximum atomic E-state index is 11.4. The van der Waals surface area contributed by atoms with E-state index in [0.29, 0.717) is 0 Å². The predicted molar refractivity (Wildman–Crippen MR) is 53.6 cm³/mol. The van der Waals surface area contributed by atoms with Gasteiger partial charge in [0.05, 0.1) is 6.20 Å². The van der Waals surface area contributed by atoms with Crippen molar-refractivity contribution in [3.05, 3.63) is 11.8 Å². The fourth-order valence-electron chi connectivity index (χ4n) is 1.00. The number of carbonyl (C=O) groups excluding carboxylic acids is 1. The molecule has 0 saturated carbocycles. The number of carboxylic acids is 1. The summed E-state index contributed by atoms with van der Waals surface area (Å²) in [6.45, 7) is 3.46. The number of nitrogens with one attached hydrogen (secondary N) is 1. The summed E-state index contributed by atoms with van der Waals surface area (Å²) >= 11 is 0. The molecule has 0 aliphatic rings. The van der Waals surface area contributed by atoms with Gasteiger partial charge in [-0.05, 0) is 0 Å². The molecule has 1 heterocycles. The molecule has 0 saturated heterocycles. The third-order valence-corrected chi connectivity index (χ3v) is 1.94. The zero-order chi connectivity index (χ0) is 11.6. The zero-order valence-electron chi connectivity index (χ0n) is 8.81. The second-order valence-electron chi connectivity index (χ2n) is 3.48. The Balaban J connectivity index is 2.98. The van der Waals surface area contributed by atoms with Crippen LogP contribution in [0.2, 0.25) is 0 Å². The fraction of sp³-hybridized carbons (Fsp3) is 0.444. The molecule has 0 fully saturated rings. The Bertz CT molecular complexity index is 395. The number of carboxylic acid groups (broad SMARTS) is 1. The van der Waals surface area contributed by atoms with Crippen LogP contribution in [0.3, 0.4) is 0 Å². The van der Waals surface area contributed by atoms with E-state index < -0.39 is 5.97 Å². The van der Waals surface area contributed by atoms with Crippen molar-refractivity contribution in [2.24, 2.45) is 13.0 Å². The van der Waals surface area contributed by atoms with Crippen LogP contribution in [0.4, 0.5) is 5.82 Å². The molecule has 0 spiro atoms. The van der Waals surface area contributed by atoms with Crippen molar-refractivity contribution in [2.75, 3.05) is 5.32 Å². The largest absolute Gasteiger partial charge is 0.477 e. The van der Waals surface area contributed by atoms with Gasteiger partial charge in [-0.2, -0.15) is 5.10 Å². The monoisotopic (exact) mass is 211 g/mol. The van der Waals surface area contributed by atoms with Crippen molar-refractivity contribution in [3.63, 3.8) is 0 Å². The van der Waals surface area contributed by atoms with Gasteiger partial charge in [0.1, 0.15) is 11.4 Å². The Labute approximate surface area is 86.9 Å². The van der Waals surface area contributed by atoms with Crippen molar-refractivity contribution in [2.45, 2.75) is 13.8 Å². The lowest BCUT2D eigenvalue weighted by Crippen LogP contribution is -2.21. The van der Waals surface area contributed by atoms with E-state index in [2.05, 4.69) is 10.4 Å². The second kappa shape index (κ2) is 4.12. The second-order valence-corrected chi connectivity index (χ2v) is 3.48. The molecule has 2 N–H and O–H groups in total. The first-order valence-corrected chi connectivity index (χ1v) is 4.49. The first kappa shape index (κ1) is 11.2. The minimum absolute atomic E-state index is 0.00787. The molecule has 15 heavy (non-hydrogen) atoms. The quantitative estimate of drug-likeness (QED) is 0.771. The van der Waals surface area contributed by atoms with Crippen molar-refractivity contribution >= 4 is 17.7 Å². The highest BCUT2D eigenvalue weighted by Crippen LogP contribution is 2.14. The molecule has 0 bridgehead atoms. The molecule has 6 heteroatoms. The zero-order valence-corrected chi connectivity index (χ0v) is 8.81. The van der Waals surface area contributed by atoms with Crippen LogP contribution in [0.5, 0.6) is 0 Å². The summed E-state index contributed by atoms with van der Waals surface area (Å²) < 4.78 is 1.32. The summed E-state index contributed by atoms with van der Waals surface area (Å²) in [4.78, 5) is 22.2. The minimum atomic E-state index is -1.11. The molecule has 0 aromatic carbocycles. The van der Waals surface area contributed by atoms with Crippen LogP contribution in [0.1, 0.15) is 24.2 Å². The highest BCUT2D eigenvalue weighted by Gasteiger charge is 2.18. The third kappa shape index (κ3) is 2.34. The van der Waals surface area contributed by atoms with Crippen LogP contribution in [-0.2, 0) is 11.8 Å². The number of aryl methyl sites for hydroxylation is 1. The van der Waals surface area contributed by atoms with Crippen molar-refractivity contribution in [1.29, 1.82) is 0 Å². The molecule has 0 radical (unpaired) electrons. The van der Waals surface area contributed by atoms with E-state index in [1.165, 1.54) is 10.9 Å². The Morgan fingerprint density at radius 1 is 1.53 bits per heavy atom. The van der Waals surface area contributed by atoms with E-state index in [9.17, 15) is 9.59 Å². The summed E-state index contributed by atoms with van der Waals surface area (Å²) in [6.07, 6.45) is 1.21. The SMILES string of the molecule is CC(C)C(=O)Nc1c(C(=O)O)cnn1C. The summed E-state index contributed by atoms with van der Waals surface area (Å²) in [5, 5.41) is 15.1. The van der Waals surface area contributed by atoms with E-state index in [-0.39, 0.29) is 23.2 Å². The Morgan fingerprint density at radius 3 is 2.60 bits per heavy atom. The minimum Gasteiger partial charge on any atom is -0.477 e. The number of nitrogens with zero attached hydrogens (tertiary/aromatic N) is 2. The molecule has 1 rings (SSSR count). The van der Waals surface area contributed by atoms with Gasteiger partial charge in [0.2, 0.25) is 5.91 Å². The number of anilines is 1. The van der Waals surface area contributed by atoms with Crippen LogP contribution in [0, 0.1) is 5.92 Å². The third-order valence-electron chi connectivity index (χ3n) is 1.94. The molecule has 0 unspecified atom stereocenters. The fourth-order valence-corrected chi connectivity index (χ4v) is 1.00. The Morgan fingerprint density at radius 2 is 2.13 bits per heavy atom. The first-order chi connectivity index (χ1) is 6.93. The number of carbonyl (C=O) groups is 2. The Kier molecular flexibility index (Phi) is 3.08. The first-order valence-electron chi connectivity index (χ1n) is 4.49. The highest BCUT2D eigenvalue weighted by molar-refractivity contribution is 5.99. The summed E-state index contributed by atoms with van der Waals surface area (Å²) in [7, 11) is 1.57. The van der Waals surface area contributed by atoms with Crippen molar-refractivity contribution in [3.8, 4) is 0 Å². The van der Waals surface area contributed by atoms with Gasteiger partial charge in [0.25, 0.3) is 0 Å². The van der Waals surface area contributed by atoms with Crippen LogP contribution in [-0.4, -0.2) is 26.8 Å². The molecular formula is C9H13N3O3. The lowest BCUT2D eigenvalue weighted by atomic mass is 10.2. The lowest BCUT2D eigenvalue weighted by molar-refractivity contribution is -0.118. The van der Waals surface area contributed by atoms with Gasteiger partial charge in [0, 0.05) is 13.0 Å². The molecule has 0 aliphatic carbocycles. The molecule has 0 atom stereocenters. The molecule has 1 amide bonds. The number of hydrogen-bond donors (Lipinski definition) is 2. The predicted octanol–water partition coefficient (Wildman–Crippen LogP) is 0.713. The molecule has 6 nitrogen and oxygen atoms in total. The van der Waals surface area contributed by atoms with Gasteiger partial charge in [-0.3, -0.25) is 9.48 Å². The van der Waals surface area contributed by atoms with Crippen LogP contribution < -0.4 is 5.32 Å². The van der Waals surface area contributed by atoms with E-state index in [1.54, 1.807) is 20.9 Å². The average Bonchev–Trinajstić information content (AvgIpc) is 2.48. The van der Waals surface area contributed by atoms with Crippen LogP contribution in [0.25, 0.3) is 0 Å². The van der Waals surface area contributed by atoms with E-state index >= 15 is 0 Å². The molecule has 1 aromatic heterocycles. The number of amides is 1. The van der Waals surface area contributed by atoms with Gasteiger partial charge in [0.15, 0.2) is 0 Å². The van der Waals surface area contributed by atoms with Gasteiger partial charge >= 0.3 is 5.97 Å². The summed E-state index contributed by atoms with van der Waals surface area (Å²) in [6, 6.07) is 0. The van der Waals surface area contributed by atoms with E-state index in [0.717, 1.165) is 0 Å². The molecule has 82 valence electrons. The summed E-state index contributed by atoms with van der Waals surface area (Å²) in [5.74, 6) is -1.34. The molecule has 1 aromatic rings. The molecular weight excluding hydrogens is 198 g/mol. The van der Waals surface area contributed by atoms with Gasteiger partial charge < -0.3 is 10.4 Å². The van der Waals surface area contributed by atoms with E-state index in [1.807, 2.05) is 0 Å². The van der Waals surface area contributed by atoms with Crippen LogP contribution >= 0.6 is 0 Å². The molecule has 0 aliphatic heterocycles. The van der Waals surface area contributed by atoms with Gasteiger partial charge in [-0.15, -0.1) is 0 Å². The van der Waals surface area contributed by atoms with E-state index in [4.69, 9.17) is 5.11 Å². The summed E-state index contributed by atoms with van der Waals surface area (Å²) in [5.41, 5.74) is -0.00787. The number of hydrogen-bond acceptors (Lipinski definition) is 3. The number of aromatic carboxylic acids is 1. The maximum absolute atomic E-state index is 11.4. The standard InChI is InChI=1S/C9H13N3O3/c1-5(2)8(13)11-7-6(9(14)15)4-10-12(7)3/h4-5H,1-3H3,(H,11,13)(H,14,15). The number of rotatable bonds is 3. The average molecular weight is 211 g/mol. The normalized spacial score (nSPS) is 10.4. The maximum Gasteiger partial charge on any atom is 0.341 e. The smallest absolute Gasteiger partial charge is 0.341 e.